The number of hydrogen-bond donors (Lipinski definition) is 2. The fraction of sp³-hybridized carbons (Fsp3) is 0.538. The average Bonchev–Trinajstić information content (AvgIpc) is 2.34. The lowest BCUT2D eigenvalue weighted by molar-refractivity contribution is 0.318. The Balaban J connectivity index is 3.39. The Hall–Kier alpha value is -1.78. The lowest BCUT2D eigenvalue weighted by Crippen LogP contribution is -2.29. The van der Waals surface area contributed by atoms with Gasteiger partial charge in [-0.05, 0) is 38.8 Å². The number of pyridine rings is 1. The number of rotatable bonds is 5. The Labute approximate surface area is 108 Å². The first-order valence-corrected chi connectivity index (χ1v) is 6.26. The number of amidine groups is 1. The first-order chi connectivity index (χ1) is 8.54. The zero-order valence-corrected chi connectivity index (χ0v) is 11.6. The maximum absolute atomic E-state index is 8.91. The van der Waals surface area contributed by atoms with Crippen LogP contribution in [0.1, 0.15) is 37.1 Å². The molecule has 18 heavy (non-hydrogen) atoms. The van der Waals surface area contributed by atoms with Crippen LogP contribution in [0.5, 0.6) is 0 Å². The molecule has 3 N–H and O–H groups in total. The first-order valence-electron chi connectivity index (χ1n) is 6.26. The van der Waals surface area contributed by atoms with Gasteiger partial charge in [0, 0.05) is 18.8 Å². The number of hydrogen-bond acceptors (Lipinski definition) is 4. The molecule has 1 rings (SSSR count). The highest BCUT2D eigenvalue weighted by Gasteiger charge is 2.17. The third-order valence-electron chi connectivity index (χ3n) is 2.86. The molecule has 0 radical (unpaired) electrons. The molecular formula is C13H22N4O. The summed E-state index contributed by atoms with van der Waals surface area (Å²) in [5.74, 6) is 0.914. The molecule has 5 heteroatoms. The van der Waals surface area contributed by atoms with E-state index in [9.17, 15) is 0 Å². The van der Waals surface area contributed by atoms with E-state index in [1.807, 2.05) is 19.9 Å². The number of nitrogens with zero attached hydrogens (tertiary/aromatic N) is 3. The number of oxime groups is 1. The number of aromatic nitrogens is 1. The second kappa shape index (κ2) is 6.23. The van der Waals surface area contributed by atoms with Gasteiger partial charge in [0.2, 0.25) is 0 Å². The standard InChI is InChI=1S/C13H22N4O/c1-5-7-17(6-2)13-11(12(14)16-18)9(3)8-10(4)15-13/h8,18H,5-7H2,1-4H3,(H2,14,16). The van der Waals surface area contributed by atoms with Crippen LogP contribution in [-0.4, -0.2) is 29.1 Å². The van der Waals surface area contributed by atoms with Crippen molar-refractivity contribution >= 4 is 11.7 Å². The van der Waals surface area contributed by atoms with Crippen molar-refractivity contribution in [3.05, 3.63) is 22.9 Å². The second-order valence-corrected chi connectivity index (χ2v) is 4.34. The van der Waals surface area contributed by atoms with Gasteiger partial charge in [-0.3, -0.25) is 0 Å². The van der Waals surface area contributed by atoms with E-state index in [-0.39, 0.29) is 5.84 Å². The summed E-state index contributed by atoms with van der Waals surface area (Å²) in [4.78, 5) is 6.69. The molecule has 1 aromatic heterocycles. The average molecular weight is 250 g/mol. The van der Waals surface area contributed by atoms with Crippen molar-refractivity contribution in [2.45, 2.75) is 34.1 Å². The summed E-state index contributed by atoms with van der Waals surface area (Å²) in [5.41, 5.74) is 8.40. The quantitative estimate of drug-likeness (QED) is 0.363. The topological polar surface area (TPSA) is 74.7 Å². The molecule has 5 nitrogen and oxygen atoms in total. The monoisotopic (exact) mass is 250 g/mol. The van der Waals surface area contributed by atoms with Gasteiger partial charge in [-0.25, -0.2) is 4.98 Å². The lowest BCUT2D eigenvalue weighted by atomic mass is 10.1. The molecule has 0 amide bonds. The summed E-state index contributed by atoms with van der Waals surface area (Å²) < 4.78 is 0. The molecule has 0 aromatic carbocycles. The Kier molecular flexibility index (Phi) is 4.95. The van der Waals surface area contributed by atoms with Gasteiger partial charge in [0.25, 0.3) is 0 Å². The van der Waals surface area contributed by atoms with Crippen LogP contribution in [0.15, 0.2) is 11.2 Å². The summed E-state index contributed by atoms with van der Waals surface area (Å²) in [6, 6.07) is 1.94. The van der Waals surface area contributed by atoms with Crippen LogP contribution < -0.4 is 10.6 Å². The second-order valence-electron chi connectivity index (χ2n) is 4.34. The van der Waals surface area contributed by atoms with Crippen molar-refractivity contribution in [1.29, 1.82) is 0 Å². The normalized spacial score (nSPS) is 11.7. The highest BCUT2D eigenvalue weighted by atomic mass is 16.4. The predicted molar refractivity (Wildman–Crippen MR) is 74.4 cm³/mol. The van der Waals surface area contributed by atoms with Gasteiger partial charge in [-0.15, -0.1) is 0 Å². The SMILES string of the molecule is CCCN(CC)c1nc(C)cc(C)c1C(N)=NO. The van der Waals surface area contributed by atoms with Gasteiger partial charge >= 0.3 is 0 Å². The van der Waals surface area contributed by atoms with Crippen molar-refractivity contribution in [3.63, 3.8) is 0 Å². The van der Waals surface area contributed by atoms with E-state index in [0.29, 0.717) is 0 Å². The largest absolute Gasteiger partial charge is 0.409 e. The molecule has 0 saturated carbocycles. The molecule has 0 bridgehead atoms. The highest BCUT2D eigenvalue weighted by molar-refractivity contribution is 6.02. The molecule has 1 heterocycles. The fourth-order valence-corrected chi connectivity index (χ4v) is 2.10. The Morgan fingerprint density at radius 3 is 2.61 bits per heavy atom. The third kappa shape index (κ3) is 2.91. The Morgan fingerprint density at radius 2 is 2.11 bits per heavy atom. The molecule has 0 spiro atoms. The van der Waals surface area contributed by atoms with E-state index in [4.69, 9.17) is 10.9 Å². The molecule has 0 unspecified atom stereocenters. The zero-order valence-electron chi connectivity index (χ0n) is 11.6. The van der Waals surface area contributed by atoms with Crippen molar-refractivity contribution in [2.75, 3.05) is 18.0 Å². The van der Waals surface area contributed by atoms with Gasteiger partial charge < -0.3 is 15.8 Å². The van der Waals surface area contributed by atoms with Crippen LogP contribution in [0.25, 0.3) is 0 Å². The highest BCUT2D eigenvalue weighted by Crippen LogP contribution is 2.22. The van der Waals surface area contributed by atoms with Crippen LogP contribution in [0, 0.1) is 13.8 Å². The first kappa shape index (κ1) is 14.3. The van der Waals surface area contributed by atoms with E-state index >= 15 is 0 Å². The fourth-order valence-electron chi connectivity index (χ4n) is 2.10. The van der Waals surface area contributed by atoms with Gasteiger partial charge in [0.1, 0.15) is 5.82 Å². The van der Waals surface area contributed by atoms with E-state index in [0.717, 1.165) is 42.1 Å². The Morgan fingerprint density at radius 1 is 1.44 bits per heavy atom. The molecular weight excluding hydrogens is 228 g/mol. The summed E-state index contributed by atoms with van der Waals surface area (Å²) >= 11 is 0. The summed E-state index contributed by atoms with van der Waals surface area (Å²) in [7, 11) is 0. The van der Waals surface area contributed by atoms with Crippen LogP contribution in [0.3, 0.4) is 0 Å². The predicted octanol–water partition coefficient (Wildman–Crippen LogP) is 2.03. The van der Waals surface area contributed by atoms with Gasteiger partial charge in [0.05, 0.1) is 5.56 Å². The van der Waals surface area contributed by atoms with Crippen LogP contribution in [0.2, 0.25) is 0 Å². The van der Waals surface area contributed by atoms with Crippen molar-refractivity contribution in [1.82, 2.24) is 4.98 Å². The van der Waals surface area contributed by atoms with E-state index in [2.05, 4.69) is 28.9 Å². The molecule has 0 fully saturated rings. The molecule has 0 saturated heterocycles. The maximum atomic E-state index is 8.91. The van der Waals surface area contributed by atoms with Gasteiger partial charge in [0.15, 0.2) is 5.84 Å². The van der Waals surface area contributed by atoms with Crippen LogP contribution in [0.4, 0.5) is 5.82 Å². The molecule has 1 aromatic rings. The maximum Gasteiger partial charge on any atom is 0.174 e. The lowest BCUT2D eigenvalue weighted by Gasteiger charge is -2.25. The number of aryl methyl sites for hydroxylation is 2. The summed E-state index contributed by atoms with van der Waals surface area (Å²) in [5, 5.41) is 12.0. The molecule has 0 aliphatic rings. The Bertz CT molecular complexity index is 443. The van der Waals surface area contributed by atoms with E-state index < -0.39 is 0 Å². The van der Waals surface area contributed by atoms with E-state index in [1.54, 1.807) is 0 Å². The molecule has 100 valence electrons. The zero-order chi connectivity index (χ0) is 13.7. The van der Waals surface area contributed by atoms with Crippen LogP contribution >= 0.6 is 0 Å². The number of anilines is 1. The third-order valence-corrected chi connectivity index (χ3v) is 2.86. The van der Waals surface area contributed by atoms with Crippen molar-refractivity contribution in [3.8, 4) is 0 Å². The van der Waals surface area contributed by atoms with Crippen LogP contribution in [-0.2, 0) is 0 Å². The minimum atomic E-state index is 0.115. The molecule has 0 aliphatic heterocycles. The van der Waals surface area contributed by atoms with Gasteiger partial charge in [-0.1, -0.05) is 12.1 Å². The van der Waals surface area contributed by atoms with Crippen molar-refractivity contribution < 1.29 is 5.21 Å². The summed E-state index contributed by atoms with van der Waals surface area (Å²) in [6.45, 7) is 9.84. The smallest absolute Gasteiger partial charge is 0.174 e. The van der Waals surface area contributed by atoms with E-state index in [1.165, 1.54) is 0 Å². The molecule has 0 aliphatic carbocycles. The van der Waals surface area contributed by atoms with Gasteiger partial charge in [-0.2, -0.15) is 0 Å². The number of nitrogens with two attached hydrogens (primary N) is 1. The van der Waals surface area contributed by atoms with Crippen molar-refractivity contribution in [2.24, 2.45) is 10.9 Å². The summed E-state index contributed by atoms with van der Waals surface area (Å²) in [6.07, 6.45) is 1.03. The molecule has 0 atom stereocenters. The minimum Gasteiger partial charge on any atom is -0.409 e. The minimum absolute atomic E-state index is 0.115.